The predicted molar refractivity (Wildman–Crippen MR) is 70.9 cm³/mol. The lowest BCUT2D eigenvalue weighted by Gasteiger charge is -2.02. The molecule has 0 atom stereocenters. The van der Waals surface area contributed by atoms with Gasteiger partial charge in [0.25, 0.3) is 0 Å². The van der Waals surface area contributed by atoms with Crippen LogP contribution in [0.2, 0.25) is 0 Å². The van der Waals surface area contributed by atoms with E-state index in [1.807, 2.05) is 7.05 Å². The average molecular weight is 275 g/mol. The molecule has 7 nitrogen and oxygen atoms in total. The molecule has 0 bridgehead atoms. The number of carboxylic acid groups (broad SMARTS) is 1. The minimum atomic E-state index is -0.989. The third-order valence-corrected chi connectivity index (χ3v) is 3.53. The number of nitrogens with one attached hydrogen (secondary N) is 1. The summed E-state index contributed by atoms with van der Waals surface area (Å²) in [5.41, 5.74) is 1.42. The highest BCUT2D eigenvalue weighted by Crippen LogP contribution is 2.30. The van der Waals surface area contributed by atoms with Gasteiger partial charge in [0.15, 0.2) is 5.82 Å². The van der Waals surface area contributed by atoms with E-state index in [1.165, 1.54) is 17.7 Å². The molecule has 0 saturated heterocycles. The smallest absolute Gasteiger partial charge is 0.338 e. The van der Waals surface area contributed by atoms with Crippen molar-refractivity contribution in [3.05, 3.63) is 29.7 Å². The Bertz CT molecular complexity index is 763. The first-order chi connectivity index (χ1) is 9.15. The predicted octanol–water partition coefficient (Wildman–Crippen LogP) is 1.87. The van der Waals surface area contributed by atoms with Gasteiger partial charge >= 0.3 is 5.97 Å². The average Bonchev–Trinajstić information content (AvgIpc) is 2.96. The molecule has 3 aromatic heterocycles. The molecule has 2 N–H and O–H groups in total. The summed E-state index contributed by atoms with van der Waals surface area (Å²) in [5, 5.41) is 17.8. The zero-order valence-corrected chi connectivity index (χ0v) is 10.7. The van der Waals surface area contributed by atoms with E-state index in [2.05, 4.69) is 20.4 Å². The molecule has 0 radical (unpaired) electrons. The number of hydrogen-bond acceptors (Lipinski definition) is 6. The quantitative estimate of drug-likeness (QED) is 0.758. The molecule has 0 aliphatic heterocycles. The van der Waals surface area contributed by atoms with E-state index in [-0.39, 0.29) is 5.56 Å². The molecule has 3 rings (SSSR count). The fourth-order valence-electron chi connectivity index (χ4n) is 1.71. The lowest BCUT2D eigenvalue weighted by molar-refractivity contribution is 0.0699. The number of hydrogen-bond donors (Lipinski definition) is 2. The Hall–Kier alpha value is -2.48. The first-order valence-corrected chi connectivity index (χ1v) is 6.24. The molecule has 0 unspecified atom stereocenters. The van der Waals surface area contributed by atoms with Crippen LogP contribution in [-0.4, -0.2) is 30.8 Å². The van der Waals surface area contributed by atoms with Gasteiger partial charge in [-0.3, -0.25) is 4.68 Å². The van der Waals surface area contributed by atoms with Crippen molar-refractivity contribution in [3.8, 4) is 0 Å². The highest BCUT2D eigenvalue weighted by Gasteiger charge is 2.15. The molecule has 3 heterocycles. The van der Waals surface area contributed by atoms with E-state index in [0.717, 1.165) is 5.69 Å². The van der Waals surface area contributed by atoms with Crippen molar-refractivity contribution in [2.45, 2.75) is 0 Å². The van der Waals surface area contributed by atoms with Crippen LogP contribution in [0.1, 0.15) is 10.4 Å². The van der Waals surface area contributed by atoms with Gasteiger partial charge in [-0.15, -0.1) is 11.3 Å². The van der Waals surface area contributed by atoms with Gasteiger partial charge in [0.1, 0.15) is 11.8 Å². The van der Waals surface area contributed by atoms with Crippen molar-refractivity contribution < 1.29 is 9.90 Å². The summed E-state index contributed by atoms with van der Waals surface area (Å²) in [6.07, 6.45) is 4.82. The number of thiophene rings is 1. The molecule has 96 valence electrons. The Morgan fingerprint density at radius 3 is 3.00 bits per heavy atom. The topological polar surface area (TPSA) is 92.9 Å². The molecular weight excluding hydrogens is 266 g/mol. The number of nitrogens with zero attached hydrogens (tertiary/aromatic N) is 4. The van der Waals surface area contributed by atoms with Crippen molar-refractivity contribution in [2.24, 2.45) is 7.05 Å². The third-order valence-electron chi connectivity index (χ3n) is 2.55. The summed E-state index contributed by atoms with van der Waals surface area (Å²) in [5.74, 6) is -0.409. The molecule has 0 amide bonds. The minimum Gasteiger partial charge on any atom is -0.478 e. The SMILES string of the molecule is Cn1cc(Nc2ncnc3c(C(=O)O)csc23)cn1. The lowest BCUT2D eigenvalue weighted by Crippen LogP contribution is -1.97. The van der Waals surface area contributed by atoms with Gasteiger partial charge in [0.05, 0.1) is 22.1 Å². The first kappa shape index (κ1) is 11.6. The largest absolute Gasteiger partial charge is 0.478 e. The van der Waals surface area contributed by atoms with E-state index >= 15 is 0 Å². The van der Waals surface area contributed by atoms with Crippen molar-refractivity contribution in [1.29, 1.82) is 0 Å². The van der Waals surface area contributed by atoms with Gasteiger partial charge in [0, 0.05) is 18.6 Å². The van der Waals surface area contributed by atoms with Crippen molar-refractivity contribution >= 4 is 39.0 Å². The summed E-state index contributed by atoms with van der Waals surface area (Å²) in [6.45, 7) is 0. The van der Waals surface area contributed by atoms with Crippen LogP contribution in [0.4, 0.5) is 11.5 Å². The zero-order chi connectivity index (χ0) is 13.4. The normalized spacial score (nSPS) is 10.8. The maximum atomic E-state index is 11.1. The molecule has 0 saturated carbocycles. The number of carboxylic acids is 1. The number of fused-ring (bicyclic) bond motifs is 1. The molecule has 19 heavy (non-hydrogen) atoms. The maximum Gasteiger partial charge on any atom is 0.338 e. The van der Waals surface area contributed by atoms with Crippen LogP contribution in [0.25, 0.3) is 10.2 Å². The Kier molecular flexibility index (Phi) is 2.64. The number of aromatic nitrogens is 4. The molecular formula is C11H9N5O2S. The molecule has 0 spiro atoms. The summed E-state index contributed by atoms with van der Waals surface area (Å²) in [4.78, 5) is 19.2. The van der Waals surface area contributed by atoms with Crippen LogP contribution < -0.4 is 5.32 Å². The Labute approximate surface area is 111 Å². The van der Waals surface area contributed by atoms with Crippen LogP contribution >= 0.6 is 11.3 Å². The Morgan fingerprint density at radius 1 is 1.47 bits per heavy atom. The van der Waals surface area contributed by atoms with Crippen molar-refractivity contribution in [1.82, 2.24) is 19.7 Å². The van der Waals surface area contributed by atoms with E-state index in [1.54, 1.807) is 22.5 Å². The van der Waals surface area contributed by atoms with E-state index in [9.17, 15) is 4.79 Å². The summed E-state index contributed by atoms with van der Waals surface area (Å²) >= 11 is 1.30. The lowest BCUT2D eigenvalue weighted by atomic mass is 10.3. The summed E-state index contributed by atoms with van der Waals surface area (Å²) in [6, 6.07) is 0. The second-order valence-electron chi connectivity index (χ2n) is 3.88. The number of aryl methyl sites for hydroxylation is 1. The van der Waals surface area contributed by atoms with E-state index in [4.69, 9.17) is 5.11 Å². The Morgan fingerprint density at radius 2 is 2.32 bits per heavy atom. The molecule has 3 aromatic rings. The van der Waals surface area contributed by atoms with Gasteiger partial charge in [-0.25, -0.2) is 14.8 Å². The van der Waals surface area contributed by atoms with Gasteiger partial charge in [-0.1, -0.05) is 0 Å². The van der Waals surface area contributed by atoms with Crippen LogP contribution in [0.5, 0.6) is 0 Å². The van der Waals surface area contributed by atoms with Gasteiger partial charge < -0.3 is 10.4 Å². The van der Waals surface area contributed by atoms with Crippen LogP contribution in [0, 0.1) is 0 Å². The highest BCUT2D eigenvalue weighted by atomic mass is 32.1. The van der Waals surface area contributed by atoms with Gasteiger partial charge in [-0.2, -0.15) is 5.10 Å². The van der Waals surface area contributed by atoms with E-state index in [0.29, 0.717) is 16.0 Å². The second kappa shape index (κ2) is 4.32. The molecule has 0 fully saturated rings. The maximum absolute atomic E-state index is 11.1. The summed E-state index contributed by atoms with van der Waals surface area (Å²) in [7, 11) is 1.81. The van der Waals surface area contributed by atoms with Gasteiger partial charge in [-0.05, 0) is 0 Å². The minimum absolute atomic E-state index is 0.191. The third kappa shape index (κ3) is 2.02. The van der Waals surface area contributed by atoms with E-state index < -0.39 is 5.97 Å². The molecule has 0 aliphatic carbocycles. The Balaban J connectivity index is 2.07. The molecule has 0 aliphatic rings. The van der Waals surface area contributed by atoms with Gasteiger partial charge in [0.2, 0.25) is 0 Å². The highest BCUT2D eigenvalue weighted by molar-refractivity contribution is 7.18. The van der Waals surface area contributed by atoms with Crippen LogP contribution in [0.3, 0.4) is 0 Å². The number of carbonyl (C=O) groups is 1. The fraction of sp³-hybridized carbons (Fsp3) is 0.0909. The molecule has 0 aromatic carbocycles. The standard InChI is InChI=1S/C11H9N5O2S/c1-16-3-6(2-14-16)15-10-9-8(12-5-13-10)7(4-19-9)11(17)18/h2-5H,1H3,(H,17,18)(H,12,13,15). The number of aromatic carboxylic acids is 1. The van der Waals surface area contributed by atoms with Crippen molar-refractivity contribution in [2.75, 3.05) is 5.32 Å². The van der Waals surface area contributed by atoms with Crippen molar-refractivity contribution in [3.63, 3.8) is 0 Å². The number of anilines is 2. The van der Waals surface area contributed by atoms with Crippen LogP contribution in [-0.2, 0) is 7.05 Å². The second-order valence-corrected chi connectivity index (χ2v) is 4.76. The number of rotatable bonds is 3. The fourth-order valence-corrected chi connectivity index (χ4v) is 2.65. The summed E-state index contributed by atoms with van der Waals surface area (Å²) < 4.78 is 2.38. The molecule has 8 heteroatoms. The van der Waals surface area contributed by atoms with Crippen LogP contribution in [0.15, 0.2) is 24.1 Å². The first-order valence-electron chi connectivity index (χ1n) is 5.36. The zero-order valence-electron chi connectivity index (χ0n) is 9.86. The monoisotopic (exact) mass is 275 g/mol.